The Balaban J connectivity index is 1.98. The molecule has 0 fully saturated rings. The van der Waals surface area contributed by atoms with E-state index < -0.39 is 0 Å². The minimum atomic E-state index is 0.544. The number of aromatic nitrogens is 2. The van der Waals surface area contributed by atoms with Crippen LogP contribution in [0.25, 0.3) is 11.0 Å². The Labute approximate surface area is 131 Å². The van der Waals surface area contributed by atoms with Crippen LogP contribution in [0.1, 0.15) is 33.6 Å². The van der Waals surface area contributed by atoms with Gasteiger partial charge in [-0.05, 0) is 38.4 Å². The monoisotopic (exact) mass is 307 g/mol. The van der Waals surface area contributed by atoms with Gasteiger partial charge >= 0.3 is 0 Å². The molecule has 1 atom stereocenters. The molecule has 5 heteroatoms. The maximum absolute atomic E-state index is 5.52. The van der Waals surface area contributed by atoms with Crippen molar-refractivity contribution in [2.75, 3.05) is 18.9 Å². The normalized spacial score (nSPS) is 12.7. The van der Waals surface area contributed by atoms with Gasteiger partial charge in [-0.25, -0.2) is 4.98 Å². The first-order valence-electron chi connectivity index (χ1n) is 7.75. The number of benzene rings is 1. The van der Waals surface area contributed by atoms with E-state index in [9.17, 15) is 0 Å². The van der Waals surface area contributed by atoms with E-state index in [-0.39, 0.29) is 0 Å². The van der Waals surface area contributed by atoms with Crippen LogP contribution < -0.4 is 10.1 Å². The Bertz CT molecular complexity index is 555. The van der Waals surface area contributed by atoms with Gasteiger partial charge in [0.1, 0.15) is 5.75 Å². The minimum Gasteiger partial charge on any atom is -0.494 e. The average Bonchev–Trinajstić information content (AvgIpc) is 2.90. The number of nitrogens with one attached hydrogen (secondary N) is 2. The number of imidazole rings is 1. The highest BCUT2D eigenvalue weighted by Gasteiger charge is 2.09. The quantitative estimate of drug-likeness (QED) is 0.691. The molecule has 0 aliphatic rings. The number of hydrogen-bond acceptors (Lipinski definition) is 4. The van der Waals surface area contributed by atoms with Crippen LogP contribution in [0.4, 0.5) is 0 Å². The summed E-state index contributed by atoms with van der Waals surface area (Å²) in [5.74, 6) is 1.93. The molecule has 4 nitrogen and oxygen atoms in total. The zero-order valence-corrected chi connectivity index (χ0v) is 13.9. The van der Waals surface area contributed by atoms with Crippen molar-refractivity contribution in [2.24, 2.45) is 0 Å². The van der Waals surface area contributed by atoms with E-state index in [4.69, 9.17) is 4.74 Å². The number of rotatable bonds is 9. The lowest BCUT2D eigenvalue weighted by atomic mass is 10.2. The molecule has 1 aromatic carbocycles. The fraction of sp³-hybridized carbons (Fsp3) is 0.562. The second-order valence-electron chi connectivity index (χ2n) is 5.02. The highest BCUT2D eigenvalue weighted by atomic mass is 32.2. The first kappa shape index (κ1) is 16.2. The summed E-state index contributed by atoms with van der Waals surface area (Å²) < 4.78 is 5.52. The lowest BCUT2D eigenvalue weighted by Crippen LogP contribution is -2.31. The molecule has 116 valence electrons. The first-order valence-corrected chi connectivity index (χ1v) is 8.74. The van der Waals surface area contributed by atoms with Crippen molar-refractivity contribution in [3.05, 3.63) is 18.2 Å². The predicted octanol–water partition coefficient (Wildman–Crippen LogP) is 3.83. The number of fused-ring (bicyclic) bond motifs is 1. The lowest BCUT2D eigenvalue weighted by Gasteiger charge is -2.14. The van der Waals surface area contributed by atoms with E-state index in [1.54, 1.807) is 11.8 Å². The van der Waals surface area contributed by atoms with E-state index in [1.807, 2.05) is 25.1 Å². The van der Waals surface area contributed by atoms with E-state index >= 15 is 0 Å². The van der Waals surface area contributed by atoms with Gasteiger partial charge in [0.2, 0.25) is 0 Å². The molecule has 1 heterocycles. The van der Waals surface area contributed by atoms with Crippen molar-refractivity contribution in [1.29, 1.82) is 0 Å². The van der Waals surface area contributed by atoms with Gasteiger partial charge in [-0.3, -0.25) is 0 Å². The third-order valence-electron chi connectivity index (χ3n) is 3.34. The van der Waals surface area contributed by atoms with Crippen molar-refractivity contribution < 1.29 is 4.74 Å². The zero-order valence-electron chi connectivity index (χ0n) is 13.1. The molecular formula is C16H25N3OS. The molecule has 0 radical (unpaired) electrons. The highest BCUT2D eigenvalue weighted by Crippen LogP contribution is 2.24. The standard InChI is InChI=1S/C16H25N3OS/c1-4-9-17-12(5-2)11-21-16-18-14-8-7-13(20-6-3)10-15(14)19-16/h7-8,10,12,17H,4-6,9,11H2,1-3H3,(H,18,19). The zero-order chi connectivity index (χ0) is 15.1. The second kappa shape index (κ2) is 8.29. The molecule has 0 aliphatic carbocycles. The summed E-state index contributed by atoms with van der Waals surface area (Å²) >= 11 is 1.78. The SMILES string of the molecule is CCCNC(CC)CSc1nc2ccc(OCC)cc2[nH]1. The third-order valence-corrected chi connectivity index (χ3v) is 4.38. The summed E-state index contributed by atoms with van der Waals surface area (Å²) in [7, 11) is 0. The summed E-state index contributed by atoms with van der Waals surface area (Å²) in [4.78, 5) is 8.00. The summed E-state index contributed by atoms with van der Waals surface area (Å²) in [5, 5.41) is 4.55. The number of hydrogen-bond donors (Lipinski definition) is 2. The van der Waals surface area contributed by atoms with Gasteiger partial charge in [0, 0.05) is 17.9 Å². The lowest BCUT2D eigenvalue weighted by molar-refractivity contribution is 0.340. The molecule has 0 bridgehead atoms. The van der Waals surface area contributed by atoms with Gasteiger partial charge in [-0.1, -0.05) is 25.6 Å². The van der Waals surface area contributed by atoms with Gasteiger partial charge < -0.3 is 15.0 Å². The largest absolute Gasteiger partial charge is 0.494 e. The number of aromatic amines is 1. The van der Waals surface area contributed by atoms with Crippen LogP contribution in [0.5, 0.6) is 5.75 Å². The maximum Gasteiger partial charge on any atom is 0.166 e. The van der Waals surface area contributed by atoms with E-state index in [2.05, 4.69) is 29.1 Å². The van der Waals surface area contributed by atoms with Crippen LogP contribution in [0.2, 0.25) is 0 Å². The molecule has 0 spiro atoms. The molecule has 0 aliphatic heterocycles. The maximum atomic E-state index is 5.52. The van der Waals surface area contributed by atoms with Crippen LogP contribution in [0, 0.1) is 0 Å². The van der Waals surface area contributed by atoms with Crippen molar-refractivity contribution in [3.63, 3.8) is 0 Å². The molecule has 0 saturated carbocycles. The molecule has 1 aromatic heterocycles. The highest BCUT2D eigenvalue weighted by molar-refractivity contribution is 7.99. The molecule has 0 saturated heterocycles. The van der Waals surface area contributed by atoms with E-state index in [1.165, 1.54) is 6.42 Å². The van der Waals surface area contributed by atoms with E-state index in [0.29, 0.717) is 12.6 Å². The van der Waals surface area contributed by atoms with Gasteiger partial charge in [-0.15, -0.1) is 0 Å². The molecule has 2 N–H and O–H groups in total. The van der Waals surface area contributed by atoms with Gasteiger partial charge in [0.15, 0.2) is 5.16 Å². The first-order chi connectivity index (χ1) is 10.3. The molecular weight excluding hydrogens is 282 g/mol. The van der Waals surface area contributed by atoms with Crippen LogP contribution in [0.3, 0.4) is 0 Å². The fourth-order valence-corrected chi connectivity index (χ4v) is 3.20. The fourth-order valence-electron chi connectivity index (χ4n) is 2.14. The Hall–Kier alpha value is -1.20. The van der Waals surface area contributed by atoms with Crippen molar-refractivity contribution in [3.8, 4) is 5.75 Å². The molecule has 21 heavy (non-hydrogen) atoms. The molecule has 1 unspecified atom stereocenters. The Morgan fingerprint density at radius 2 is 2.19 bits per heavy atom. The average molecular weight is 307 g/mol. The van der Waals surface area contributed by atoms with Crippen LogP contribution in [0.15, 0.2) is 23.4 Å². The number of nitrogens with zero attached hydrogens (tertiary/aromatic N) is 1. The topological polar surface area (TPSA) is 49.9 Å². The summed E-state index contributed by atoms with van der Waals surface area (Å²) in [6, 6.07) is 6.54. The Morgan fingerprint density at radius 1 is 1.33 bits per heavy atom. The third kappa shape index (κ3) is 4.64. The number of ether oxygens (including phenoxy) is 1. The van der Waals surface area contributed by atoms with Gasteiger partial charge in [-0.2, -0.15) is 0 Å². The minimum absolute atomic E-state index is 0.544. The van der Waals surface area contributed by atoms with Gasteiger partial charge in [0.25, 0.3) is 0 Å². The van der Waals surface area contributed by atoms with Crippen molar-refractivity contribution >= 4 is 22.8 Å². The van der Waals surface area contributed by atoms with Crippen molar-refractivity contribution in [1.82, 2.24) is 15.3 Å². The predicted molar refractivity (Wildman–Crippen MR) is 90.4 cm³/mol. The molecule has 2 rings (SSSR count). The Kier molecular flexibility index (Phi) is 6.39. The smallest absolute Gasteiger partial charge is 0.166 e. The van der Waals surface area contributed by atoms with Crippen LogP contribution in [-0.2, 0) is 0 Å². The molecule has 2 aromatic rings. The Morgan fingerprint density at radius 3 is 2.90 bits per heavy atom. The molecule has 0 amide bonds. The van der Waals surface area contributed by atoms with Crippen LogP contribution in [-0.4, -0.2) is 34.9 Å². The summed E-state index contributed by atoms with van der Waals surface area (Å²) in [6.45, 7) is 8.18. The second-order valence-corrected chi connectivity index (χ2v) is 6.03. The van der Waals surface area contributed by atoms with Crippen molar-refractivity contribution in [2.45, 2.75) is 44.8 Å². The number of thioether (sulfide) groups is 1. The van der Waals surface area contributed by atoms with Gasteiger partial charge in [0.05, 0.1) is 17.6 Å². The summed E-state index contributed by atoms with van der Waals surface area (Å²) in [5.41, 5.74) is 2.04. The number of H-pyrrole nitrogens is 1. The summed E-state index contributed by atoms with van der Waals surface area (Å²) in [6.07, 6.45) is 2.31. The van der Waals surface area contributed by atoms with E-state index in [0.717, 1.165) is 40.7 Å². The van der Waals surface area contributed by atoms with Crippen LogP contribution >= 0.6 is 11.8 Å².